The molecule has 2 rings (SSSR count). The van der Waals surface area contributed by atoms with Gasteiger partial charge in [-0.1, -0.05) is 0 Å². The van der Waals surface area contributed by atoms with Crippen LogP contribution in [0.1, 0.15) is 17.4 Å². The quantitative estimate of drug-likeness (QED) is 0.474. The zero-order valence-electron chi connectivity index (χ0n) is 11.1. The topological polar surface area (TPSA) is 87.3 Å². The van der Waals surface area contributed by atoms with E-state index in [1.807, 2.05) is 6.92 Å². The number of carbonyl (C=O) groups is 1. The number of carbonyl (C=O) groups excluding carboxylic acids is 1. The number of aromatic nitrogens is 2. The van der Waals surface area contributed by atoms with Crippen molar-refractivity contribution in [2.75, 3.05) is 7.11 Å². The Balaban J connectivity index is 2.53. The lowest BCUT2D eigenvalue weighted by Gasteiger charge is -2.03. The summed E-state index contributed by atoms with van der Waals surface area (Å²) in [6.07, 6.45) is 0.706. The maximum atomic E-state index is 11.0. The average Bonchev–Trinajstić information content (AvgIpc) is 2.89. The van der Waals surface area contributed by atoms with Gasteiger partial charge in [0.2, 0.25) is 0 Å². The average molecular weight is 275 g/mol. The van der Waals surface area contributed by atoms with Crippen molar-refractivity contribution in [2.24, 2.45) is 0 Å². The fourth-order valence-electron chi connectivity index (χ4n) is 1.91. The van der Waals surface area contributed by atoms with E-state index in [2.05, 4.69) is 5.10 Å². The van der Waals surface area contributed by atoms with Crippen molar-refractivity contribution < 1.29 is 14.5 Å². The minimum Gasteiger partial charge on any atom is -0.490 e. The van der Waals surface area contributed by atoms with Gasteiger partial charge < -0.3 is 4.74 Å². The van der Waals surface area contributed by atoms with Gasteiger partial charge in [0, 0.05) is 18.2 Å². The molecular weight excluding hydrogens is 262 g/mol. The fourth-order valence-corrected chi connectivity index (χ4v) is 1.91. The van der Waals surface area contributed by atoms with Crippen LogP contribution in [0.3, 0.4) is 0 Å². The van der Waals surface area contributed by atoms with Gasteiger partial charge in [-0.05, 0) is 25.1 Å². The van der Waals surface area contributed by atoms with Crippen molar-refractivity contribution in [2.45, 2.75) is 13.5 Å². The third-order valence-corrected chi connectivity index (χ3v) is 2.90. The molecule has 0 fully saturated rings. The largest absolute Gasteiger partial charge is 0.490 e. The summed E-state index contributed by atoms with van der Waals surface area (Å²) in [5, 5.41) is 15.2. The lowest BCUT2D eigenvalue weighted by atomic mass is 10.1. The number of aldehydes is 1. The Morgan fingerprint density at radius 2 is 2.20 bits per heavy atom. The number of nitrogens with zero attached hydrogens (tertiary/aromatic N) is 3. The van der Waals surface area contributed by atoms with Crippen molar-refractivity contribution in [1.29, 1.82) is 0 Å². The molecule has 0 amide bonds. The predicted molar refractivity (Wildman–Crippen MR) is 71.9 cm³/mol. The summed E-state index contributed by atoms with van der Waals surface area (Å²) in [6.45, 7) is 2.41. The Morgan fingerprint density at radius 3 is 2.70 bits per heavy atom. The maximum Gasteiger partial charge on any atom is 0.311 e. The Morgan fingerprint density at radius 1 is 1.45 bits per heavy atom. The molecule has 0 atom stereocenters. The molecule has 0 aliphatic heterocycles. The number of aryl methyl sites for hydroxylation is 1. The van der Waals surface area contributed by atoms with Crippen molar-refractivity contribution in [3.05, 3.63) is 40.1 Å². The van der Waals surface area contributed by atoms with Crippen LogP contribution in [0.5, 0.6) is 5.75 Å². The second-order valence-corrected chi connectivity index (χ2v) is 4.03. The zero-order valence-corrected chi connectivity index (χ0v) is 11.1. The highest BCUT2D eigenvalue weighted by atomic mass is 16.6. The highest BCUT2D eigenvalue weighted by molar-refractivity contribution is 5.76. The van der Waals surface area contributed by atoms with Gasteiger partial charge in [-0.2, -0.15) is 5.10 Å². The van der Waals surface area contributed by atoms with Crippen LogP contribution >= 0.6 is 0 Å². The van der Waals surface area contributed by atoms with E-state index >= 15 is 0 Å². The Bertz CT molecular complexity index is 664. The molecule has 0 aliphatic carbocycles. The van der Waals surface area contributed by atoms with E-state index in [4.69, 9.17) is 4.74 Å². The molecule has 1 aromatic carbocycles. The second-order valence-electron chi connectivity index (χ2n) is 4.03. The van der Waals surface area contributed by atoms with E-state index in [9.17, 15) is 14.9 Å². The molecule has 0 saturated heterocycles. The van der Waals surface area contributed by atoms with Gasteiger partial charge in [0.05, 0.1) is 17.7 Å². The molecule has 1 heterocycles. The number of ether oxygens (including phenoxy) is 1. The highest BCUT2D eigenvalue weighted by Gasteiger charge is 2.17. The molecule has 0 unspecified atom stereocenters. The first-order valence-corrected chi connectivity index (χ1v) is 5.96. The van der Waals surface area contributed by atoms with Crippen LogP contribution in [-0.4, -0.2) is 28.1 Å². The summed E-state index contributed by atoms with van der Waals surface area (Å²) in [5.41, 5.74) is 1.37. The standard InChI is InChI=1S/C13H13N3O4/c1-3-15-10(8-17)7-11(14-15)9-4-5-13(20-2)12(6-9)16(18)19/h4-8H,3H2,1-2H3. The smallest absolute Gasteiger partial charge is 0.311 e. The van der Waals surface area contributed by atoms with Crippen LogP contribution in [-0.2, 0) is 6.54 Å². The van der Waals surface area contributed by atoms with Crippen molar-refractivity contribution in [1.82, 2.24) is 9.78 Å². The van der Waals surface area contributed by atoms with Gasteiger partial charge in [0.1, 0.15) is 5.69 Å². The van der Waals surface area contributed by atoms with E-state index in [-0.39, 0.29) is 11.4 Å². The number of hydrogen-bond donors (Lipinski definition) is 0. The third-order valence-electron chi connectivity index (χ3n) is 2.90. The summed E-state index contributed by atoms with van der Waals surface area (Å²) in [4.78, 5) is 21.4. The van der Waals surface area contributed by atoms with E-state index in [0.717, 1.165) is 0 Å². The first-order chi connectivity index (χ1) is 9.60. The number of hydrogen-bond acceptors (Lipinski definition) is 5. The first kappa shape index (κ1) is 13.7. The molecule has 0 N–H and O–H groups in total. The molecule has 0 bridgehead atoms. The molecule has 0 aliphatic rings. The molecule has 7 heteroatoms. The van der Waals surface area contributed by atoms with Crippen LogP contribution in [0.4, 0.5) is 5.69 Å². The normalized spacial score (nSPS) is 10.3. The SMILES string of the molecule is CCn1nc(-c2ccc(OC)c([N+](=O)[O-])c2)cc1C=O. The summed E-state index contributed by atoms with van der Waals surface area (Å²) in [7, 11) is 1.37. The maximum absolute atomic E-state index is 11.0. The zero-order chi connectivity index (χ0) is 14.7. The van der Waals surface area contributed by atoms with E-state index < -0.39 is 4.92 Å². The first-order valence-electron chi connectivity index (χ1n) is 5.96. The number of nitro benzene ring substituents is 1. The molecule has 0 spiro atoms. The van der Waals surface area contributed by atoms with Gasteiger partial charge >= 0.3 is 5.69 Å². The fraction of sp³-hybridized carbons (Fsp3) is 0.231. The van der Waals surface area contributed by atoms with Gasteiger partial charge in [-0.15, -0.1) is 0 Å². The lowest BCUT2D eigenvalue weighted by Crippen LogP contribution is -2.01. The second kappa shape index (κ2) is 5.52. The molecule has 0 radical (unpaired) electrons. The monoisotopic (exact) mass is 275 g/mol. The van der Waals surface area contributed by atoms with Gasteiger partial charge in [0.15, 0.2) is 12.0 Å². The van der Waals surface area contributed by atoms with Gasteiger partial charge in [0.25, 0.3) is 0 Å². The molecule has 2 aromatic rings. The number of benzene rings is 1. The predicted octanol–water partition coefficient (Wildman–Crippen LogP) is 2.30. The van der Waals surface area contributed by atoms with E-state index in [1.54, 1.807) is 16.8 Å². The lowest BCUT2D eigenvalue weighted by molar-refractivity contribution is -0.385. The highest BCUT2D eigenvalue weighted by Crippen LogP contribution is 2.31. The number of nitro groups is 1. The third kappa shape index (κ3) is 2.37. The Hall–Kier alpha value is -2.70. The number of methoxy groups -OCH3 is 1. The Labute approximate surface area is 114 Å². The Kier molecular flexibility index (Phi) is 3.79. The summed E-state index contributed by atoms with van der Waals surface area (Å²) in [6, 6.07) is 6.17. The van der Waals surface area contributed by atoms with Crippen LogP contribution in [0, 0.1) is 10.1 Å². The minimum absolute atomic E-state index is 0.135. The van der Waals surface area contributed by atoms with Crippen LogP contribution in [0.25, 0.3) is 11.3 Å². The summed E-state index contributed by atoms with van der Waals surface area (Å²) >= 11 is 0. The van der Waals surface area contributed by atoms with E-state index in [0.29, 0.717) is 29.8 Å². The summed E-state index contributed by atoms with van der Waals surface area (Å²) in [5.74, 6) is 0.185. The van der Waals surface area contributed by atoms with Crippen molar-refractivity contribution in [3.8, 4) is 17.0 Å². The van der Waals surface area contributed by atoms with Gasteiger partial charge in [-0.3, -0.25) is 19.6 Å². The van der Waals surface area contributed by atoms with Crippen molar-refractivity contribution >= 4 is 12.0 Å². The summed E-state index contributed by atoms with van der Waals surface area (Å²) < 4.78 is 6.49. The van der Waals surface area contributed by atoms with E-state index in [1.165, 1.54) is 19.2 Å². The van der Waals surface area contributed by atoms with Crippen molar-refractivity contribution in [3.63, 3.8) is 0 Å². The molecule has 20 heavy (non-hydrogen) atoms. The van der Waals surface area contributed by atoms with Crippen LogP contribution in [0.15, 0.2) is 24.3 Å². The minimum atomic E-state index is -0.514. The van der Waals surface area contributed by atoms with Gasteiger partial charge in [-0.25, -0.2) is 0 Å². The molecule has 1 aromatic heterocycles. The molecule has 7 nitrogen and oxygen atoms in total. The molecular formula is C13H13N3O4. The van der Waals surface area contributed by atoms with Crippen LogP contribution < -0.4 is 4.74 Å². The molecule has 0 saturated carbocycles. The van der Waals surface area contributed by atoms with Crippen LogP contribution in [0.2, 0.25) is 0 Å². The molecule has 104 valence electrons. The number of rotatable bonds is 5.